The molecule has 6 heteroatoms. The second-order valence-electron chi connectivity index (χ2n) is 6.92. The average Bonchev–Trinajstić information content (AvgIpc) is 3.00. The van der Waals surface area contributed by atoms with E-state index in [4.69, 9.17) is 0 Å². The summed E-state index contributed by atoms with van der Waals surface area (Å²) in [5.41, 5.74) is 2.23. The normalized spacial score (nSPS) is 18.6. The highest BCUT2D eigenvalue weighted by atomic mass is 16.2. The number of benzene rings is 1. The summed E-state index contributed by atoms with van der Waals surface area (Å²) in [6.07, 6.45) is 3.32. The summed E-state index contributed by atoms with van der Waals surface area (Å²) in [5, 5.41) is 2.73. The Morgan fingerprint density at radius 2 is 1.88 bits per heavy atom. The first-order valence-electron chi connectivity index (χ1n) is 8.92. The third kappa shape index (κ3) is 3.83. The van der Waals surface area contributed by atoms with Gasteiger partial charge in [-0.25, -0.2) is 0 Å². The van der Waals surface area contributed by atoms with Crippen molar-refractivity contribution in [2.24, 2.45) is 0 Å². The Labute approximate surface area is 148 Å². The van der Waals surface area contributed by atoms with Gasteiger partial charge in [0, 0.05) is 50.3 Å². The zero-order valence-electron chi connectivity index (χ0n) is 14.9. The monoisotopic (exact) mass is 343 g/mol. The molecule has 1 aromatic rings. The first kappa shape index (κ1) is 17.5. The molecule has 2 fully saturated rings. The largest absolute Gasteiger partial charge is 0.340 e. The van der Waals surface area contributed by atoms with Crippen molar-refractivity contribution in [3.63, 3.8) is 0 Å². The highest BCUT2D eigenvalue weighted by molar-refractivity contribution is 5.97. The summed E-state index contributed by atoms with van der Waals surface area (Å²) in [6, 6.07) is 5.64. The maximum absolute atomic E-state index is 12.8. The summed E-state index contributed by atoms with van der Waals surface area (Å²) < 4.78 is 0. The van der Waals surface area contributed by atoms with Crippen LogP contribution in [0.1, 0.15) is 48.5 Å². The first-order valence-corrected chi connectivity index (χ1v) is 8.92. The molecule has 0 saturated carbocycles. The zero-order chi connectivity index (χ0) is 18.0. The summed E-state index contributed by atoms with van der Waals surface area (Å²) >= 11 is 0. The molecule has 0 atom stereocenters. The Morgan fingerprint density at radius 1 is 1.16 bits per heavy atom. The van der Waals surface area contributed by atoms with Gasteiger partial charge >= 0.3 is 0 Å². The Kier molecular flexibility index (Phi) is 5.06. The quantitative estimate of drug-likeness (QED) is 0.914. The number of nitrogens with one attached hydrogen (secondary N) is 1. The van der Waals surface area contributed by atoms with Crippen molar-refractivity contribution in [3.8, 4) is 0 Å². The van der Waals surface area contributed by atoms with Crippen molar-refractivity contribution >= 4 is 23.4 Å². The minimum absolute atomic E-state index is 0.0260. The topological polar surface area (TPSA) is 69.7 Å². The number of carbonyl (C=O) groups is 3. The van der Waals surface area contributed by atoms with Gasteiger partial charge in [0.25, 0.3) is 5.91 Å². The highest BCUT2D eigenvalue weighted by Gasteiger charge is 2.32. The fourth-order valence-corrected chi connectivity index (χ4v) is 3.79. The molecule has 1 N–H and O–H groups in total. The maximum atomic E-state index is 12.8. The molecule has 0 aliphatic carbocycles. The number of amides is 3. The van der Waals surface area contributed by atoms with Crippen LogP contribution < -0.4 is 5.32 Å². The third-order valence-corrected chi connectivity index (χ3v) is 5.08. The minimum Gasteiger partial charge on any atom is -0.340 e. The van der Waals surface area contributed by atoms with Gasteiger partial charge in [-0.05, 0) is 49.9 Å². The number of nitrogens with zero attached hydrogens (tertiary/aromatic N) is 2. The first-order chi connectivity index (χ1) is 12.0. The molecule has 0 aromatic heterocycles. The van der Waals surface area contributed by atoms with Crippen molar-refractivity contribution in [1.82, 2.24) is 9.80 Å². The molecule has 6 nitrogen and oxygen atoms in total. The molecule has 2 heterocycles. The number of anilines is 1. The van der Waals surface area contributed by atoms with Gasteiger partial charge in [-0.1, -0.05) is 0 Å². The van der Waals surface area contributed by atoms with E-state index in [1.807, 2.05) is 22.8 Å². The fourth-order valence-electron chi connectivity index (χ4n) is 3.79. The van der Waals surface area contributed by atoms with E-state index < -0.39 is 0 Å². The lowest BCUT2D eigenvalue weighted by Crippen LogP contribution is -2.47. The molecule has 3 rings (SSSR count). The van der Waals surface area contributed by atoms with Crippen molar-refractivity contribution in [2.75, 3.05) is 25.0 Å². The molecule has 0 radical (unpaired) electrons. The Morgan fingerprint density at radius 3 is 2.44 bits per heavy atom. The van der Waals surface area contributed by atoms with Crippen LogP contribution in [0.2, 0.25) is 0 Å². The van der Waals surface area contributed by atoms with Gasteiger partial charge < -0.3 is 15.1 Å². The Balaban J connectivity index is 1.62. The molecule has 1 aromatic carbocycles. The molecule has 2 saturated heterocycles. The van der Waals surface area contributed by atoms with E-state index >= 15 is 0 Å². The van der Waals surface area contributed by atoms with Crippen LogP contribution >= 0.6 is 0 Å². The average molecular weight is 343 g/mol. The molecule has 0 unspecified atom stereocenters. The molecule has 0 spiro atoms. The van der Waals surface area contributed by atoms with E-state index in [1.165, 1.54) is 6.92 Å². The molecule has 134 valence electrons. The van der Waals surface area contributed by atoms with Gasteiger partial charge in [0.2, 0.25) is 11.8 Å². The summed E-state index contributed by atoms with van der Waals surface area (Å²) in [4.78, 5) is 39.7. The number of hydrogen-bond donors (Lipinski definition) is 1. The van der Waals surface area contributed by atoms with Gasteiger partial charge in [0.05, 0.1) is 0 Å². The molecule has 2 aliphatic heterocycles. The van der Waals surface area contributed by atoms with Crippen LogP contribution in [0.5, 0.6) is 0 Å². The van der Waals surface area contributed by atoms with Gasteiger partial charge in [0.15, 0.2) is 0 Å². The van der Waals surface area contributed by atoms with Crippen LogP contribution in [0.15, 0.2) is 18.2 Å². The number of likely N-dealkylation sites (tertiary alicyclic amines) is 2. The molecular weight excluding hydrogens is 318 g/mol. The van der Waals surface area contributed by atoms with Crippen LogP contribution in [-0.4, -0.2) is 53.2 Å². The standard InChI is InChI=1S/C19H25N3O3/c1-13-12-15(20-14(2)23)5-6-17(13)19(25)21-10-7-16(8-11-21)22-9-3-4-18(22)24/h5-6,12,16H,3-4,7-11H2,1-2H3,(H,20,23). The molecular formula is C19H25N3O3. The molecule has 0 bridgehead atoms. The van der Waals surface area contributed by atoms with Gasteiger partial charge in [0.1, 0.15) is 0 Å². The van der Waals surface area contributed by atoms with Crippen LogP contribution in [0.25, 0.3) is 0 Å². The summed E-state index contributed by atoms with van der Waals surface area (Å²) in [6.45, 7) is 5.57. The van der Waals surface area contributed by atoms with Gasteiger partial charge in [-0.2, -0.15) is 0 Å². The minimum atomic E-state index is -0.128. The highest BCUT2D eigenvalue weighted by Crippen LogP contribution is 2.24. The van der Waals surface area contributed by atoms with Crippen LogP contribution in [0.3, 0.4) is 0 Å². The van der Waals surface area contributed by atoms with E-state index in [-0.39, 0.29) is 23.8 Å². The van der Waals surface area contributed by atoms with Crippen LogP contribution in [-0.2, 0) is 9.59 Å². The van der Waals surface area contributed by atoms with Crippen molar-refractivity contribution in [2.45, 2.75) is 45.6 Å². The van der Waals surface area contributed by atoms with E-state index in [2.05, 4.69) is 5.32 Å². The number of aryl methyl sites for hydroxylation is 1. The maximum Gasteiger partial charge on any atom is 0.254 e. The second-order valence-corrected chi connectivity index (χ2v) is 6.92. The lowest BCUT2D eigenvalue weighted by atomic mass is 10.0. The summed E-state index contributed by atoms with van der Waals surface area (Å²) in [7, 11) is 0. The lowest BCUT2D eigenvalue weighted by Gasteiger charge is -2.37. The SMILES string of the molecule is CC(=O)Nc1ccc(C(=O)N2CCC(N3CCCC3=O)CC2)c(C)c1. The van der Waals surface area contributed by atoms with E-state index in [0.29, 0.717) is 30.8 Å². The Hall–Kier alpha value is -2.37. The Bertz CT molecular complexity index is 693. The smallest absolute Gasteiger partial charge is 0.254 e. The van der Waals surface area contributed by atoms with Crippen molar-refractivity contribution in [1.29, 1.82) is 0 Å². The van der Waals surface area contributed by atoms with Gasteiger partial charge in [-0.3, -0.25) is 14.4 Å². The van der Waals surface area contributed by atoms with E-state index in [9.17, 15) is 14.4 Å². The molecule has 3 amide bonds. The molecule has 25 heavy (non-hydrogen) atoms. The van der Waals surface area contributed by atoms with Gasteiger partial charge in [-0.15, -0.1) is 0 Å². The second kappa shape index (κ2) is 7.25. The van der Waals surface area contributed by atoms with E-state index in [1.54, 1.807) is 12.1 Å². The summed E-state index contributed by atoms with van der Waals surface area (Å²) in [5.74, 6) is 0.157. The molecule has 2 aliphatic rings. The van der Waals surface area contributed by atoms with Crippen molar-refractivity contribution < 1.29 is 14.4 Å². The number of carbonyl (C=O) groups excluding carboxylic acids is 3. The zero-order valence-corrected chi connectivity index (χ0v) is 14.9. The predicted octanol–water partition coefficient (Wildman–Crippen LogP) is 2.18. The number of piperidine rings is 1. The lowest BCUT2D eigenvalue weighted by molar-refractivity contribution is -0.130. The van der Waals surface area contributed by atoms with Crippen LogP contribution in [0, 0.1) is 6.92 Å². The third-order valence-electron chi connectivity index (χ3n) is 5.08. The predicted molar refractivity (Wildman–Crippen MR) is 95.4 cm³/mol. The number of rotatable bonds is 3. The fraction of sp³-hybridized carbons (Fsp3) is 0.526. The van der Waals surface area contributed by atoms with E-state index in [0.717, 1.165) is 31.4 Å². The number of hydrogen-bond acceptors (Lipinski definition) is 3. The van der Waals surface area contributed by atoms with Crippen molar-refractivity contribution in [3.05, 3.63) is 29.3 Å². The van der Waals surface area contributed by atoms with Crippen LogP contribution in [0.4, 0.5) is 5.69 Å².